The summed E-state index contributed by atoms with van der Waals surface area (Å²) in [5.41, 5.74) is 0.685. The molecular weight excluding hydrogens is 264 g/mol. The van der Waals surface area contributed by atoms with Gasteiger partial charge in [-0.15, -0.1) is 0 Å². The zero-order valence-electron chi connectivity index (χ0n) is 12.0. The van der Waals surface area contributed by atoms with Crippen molar-refractivity contribution < 1.29 is 9.59 Å². The molecule has 4 nitrogen and oxygen atoms in total. The van der Waals surface area contributed by atoms with Gasteiger partial charge in [0.15, 0.2) is 0 Å². The van der Waals surface area contributed by atoms with E-state index >= 15 is 0 Å². The largest absolute Gasteiger partial charge is 0.274 e. The van der Waals surface area contributed by atoms with E-state index in [9.17, 15) is 9.59 Å². The van der Waals surface area contributed by atoms with Gasteiger partial charge in [0, 0.05) is 12.8 Å². The summed E-state index contributed by atoms with van der Waals surface area (Å²) in [6.07, 6.45) is 6.21. The van der Waals surface area contributed by atoms with Gasteiger partial charge in [-0.2, -0.15) is 5.26 Å². The molecule has 1 aromatic carbocycles. The van der Waals surface area contributed by atoms with Gasteiger partial charge in [-0.1, -0.05) is 31.4 Å². The number of hydrogen-bond donors (Lipinski definition) is 0. The number of imide groups is 1. The Balaban J connectivity index is 1.91. The average Bonchev–Trinajstić information content (AvgIpc) is 2.47. The molecule has 2 fully saturated rings. The smallest absolute Gasteiger partial charge is 0.234 e. The Bertz CT molecular complexity index is 604. The van der Waals surface area contributed by atoms with Gasteiger partial charge in [-0.3, -0.25) is 9.59 Å². The summed E-state index contributed by atoms with van der Waals surface area (Å²) in [7, 11) is 0. The van der Waals surface area contributed by atoms with E-state index in [1.807, 2.05) is 0 Å². The van der Waals surface area contributed by atoms with Crippen LogP contribution in [0, 0.1) is 16.7 Å². The second-order valence-electron chi connectivity index (χ2n) is 6.17. The van der Waals surface area contributed by atoms with Crippen LogP contribution in [0.5, 0.6) is 0 Å². The number of carbonyl (C=O) groups is 2. The summed E-state index contributed by atoms with van der Waals surface area (Å²) in [5.74, 6) is -0.313. The molecule has 1 heterocycles. The van der Waals surface area contributed by atoms with Gasteiger partial charge in [0.1, 0.15) is 6.07 Å². The molecule has 0 bridgehead atoms. The standard InChI is InChI=1S/C17H18N2O2/c18-12-13-6-2-3-7-14(13)19-15(20)10-17(11-16(19)21)8-4-1-5-9-17/h2-3,6-7H,1,4-5,8-11H2. The summed E-state index contributed by atoms with van der Waals surface area (Å²) in [4.78, 5) is 26.3. The highest BCUT2D eigenvalue weighted by atomic mass is 16.2. The number of nitriles is 1. The third-order valence-corrected chi connectivity index (χ3v) is 4.73. The number of amides is 2. The van der Waals surface area contributed by atoms with E-state index in [0.29, 0.717) is 24.1 Å². The van der Waals surface area contributed by atoms with Crippen LogP contribution in [0.3, 0.4) is 0 Å². The van der Waals surface area contributed by atoms with Crippen LogP contribution in [0.2, 0.25) is 0 Å². The number of anilines is 1. The van der Waals surface area contributed by atoms with Gasteiger partial charge >= 0.3 is 0 Å². The third-order valence-electron chi connectivity index (χ3n) is 4.73. The molecule has 1 saturated heterocycles. The first-order valence-electron chi connectivity index (χ1n) is 7.50. The van der Waals surface area contributed by atoms with Crippen LogP contribution in [-0.2, 0) is 9.59 Å². The first kappa shape index (κ1) is 13.8. The SMILES string of the molecule is N#Cc1ccccc1N1C(=O)CC2(CCCCC2)CC1=O. The fraction of sp³-hybridized carbons (Fsp3) is 0.471. The lowest BCUT2D eigenvalue weighted by Crippen LogP contribution is -2.49. The van der Waals surface area contributed by atoms with Crippen molar-refractivity contribution in [3.8, 4) is 6.07 Å². The van der Waals surface area contributed by atoms with Crippen LogP contribution >= 0.6 is 0 Å². The maximum atomic E-state index is 12.5. The lowest BCUT2D eigenvalue weighted by atomic mass is 9.67. The topological polar surface area (TPSA) is 61.2 Å². The fourth-order valence-electron chi connectivity index (χ4n) is 3.69. The predicted molar refractivity (Wildman–Crippen MR) is 78.4 cm³/mol. The van der Waals surface area contributed by atoms with E-state index < -0.39 is 0 Å². The molecule has 0 aromatic heterocycles. The van der Waals surface area contributed by atoms with E-state index in [1.54, 1.807) is 24.3 Å². The van der Waals surface area contributed by atoms with Crippen LogP contribution in [0.4, 0.5) is 5.69 Å². The second kappa shape index (κ2) is 5.33. The molecule has 21 heavy (non-hydrogen) atoms. The van der Waals surface area contributed by atoms with Gasteiger partial charge in [0.25, 0.3) is 0 Å². The Morgan fingerprint density at radius 1 is 1.00 bits per heavy atom. The van der Waals surface area contributed by atoms with E-state index in [1.165, 1.54) is 11.3 Å². The molecule has 2 aliphatic rings. The molecule has 1 aliphatic carbocycles. The summed E-state index contributed by atoms with van der Waals surface area (Å²) >= 11 is 0. The summed E-state index contributed by atoms with van der Waals surface area (Å²) < 4.78 is 0. The summed E-state index contributed by atoms with van der Waals surface area (Å²) in [6, 6.07) is 8.86. The van der Waals surface area contributed by atoms with E-state index in [0.717, 1.165) is 25.7 Å². The van der Waals surface area contributed by atoms with Gasteiger partial charge in [-0.25, -0.2) is 4.90 Å². The fourth-order valence-corrected chi connectivity index (χ4v) is 3.69. The van der Waals surface area contributed by atoms with Gasteiger partial charge in [0.2, 0.25) is 11.8 Å². The molecule has 0 unspecified atom stereocenters. The second-order valence-corrected chi connectivity index (χ2v) is 6.17. The predicted octanol–water partition coefficient (Wildman–Crippen LogP) is 3.16. The highest BCUT2D eigenvalue weighted by molar-refractivity contribution is 6.17. The van der Waals surface area contributed by atoms with Crippen molar-refractivity contribution in [1.82, 2.24) is 0 Å². The van der Waals surface area contributed by atoms with Crippen LogP contribution in [0.15, 0.2) is 24.3 Å². The number of piperidine rings is 1. The van der Waals surface area contributed by atoms with Crippen molar-refractivity contribution >= 4 is 17.5 Å². The number of benzene rings is 1. The maximum absolute atomic E-state index is 12.5. The van der Waals surface area contributed by atoms with E-state index in [2.05, 4.69) is 6.07 Å². The average molecular weight is 282 g/mol. The van der Waals surface area contributed by atoms with Gasteiger partial charge < -0.3 is 0 Å². The molecule has 0 atom stereocenters. The quantitative estimate of drug-likeness (QED) is 0.743. The molecule has 3 rings (SSSR count). The molecule has 0 radical (unpaired) electrons. The molecule has 1 aliphatic heterocycles. The molecule has 1 spiro atoms. The Morgan fingerprint density at radius 3 is 2.24 bits per heavy atom. The Kier molecular flexibility index (Phi) is 3.50. The molecule has 2 amide bonds. The first-order chi connectivity index (χ1) is 10.2. The van der Waals surface area contributed by atoms with Crippen LogP contribution in [0.25, 0.3) is 0 Å². The zero-order valence-corrected chi connectivity index (χ0v) is 12.0. The van der Waals surface area contributed by atoms with E-state index in [4.69, 9.17) is 5.26 Å². The normalized spacial score (nSPS) is 21.4. The maximum Gasteiger partial charge on any atom is 0.234 e. The van der Waals surface area contributed by atoms with Crippen LogP contribution < -0.4 is 4.90 Å². The molecule has 0 N–H and O–H groups in total. The third kappa shape index (κ3) is 2.44. The minimum Gasteiger partial charge on any atom is -0.274 e. The van der Waals surface area contributed by atoms with Crippen molar-refractivity contribution in [1.29, 1.82) is 5.26 Å². The first-order valence-corrected chi connectivity index (χ1v) is 7.50. The van der Waals surface area contributed by atoms with Gasteiger partial charge in [0.05, 0.1) is 11.3 Å². The summed E-state index contributed by atoms with van der Waals surface area (Å²) in [5, 5.41) is 9.16. The van der Waals surface area contributed by atoms with Crippen molar-refractivity contribution in [2.75, 3.05) is 4.90 Å². The van der Waals surface area contributed by atoms with E-state index in [-0.39, 0.29) is 17.2 Å². The Morgan fingerprint density at radius 2 is 1.62 bits per heavy atom. The molecular formula is C17H18N2O2. The van der Waals surface area contributed by atoms with Crippen molar-refractivity contribution in [3.05, 3.63) is 29.8 Å². The number of rotatable bonds is 1. The van der Waals surface area contributed by atoms with Crippen molar-refractivity contribution in [2.24, 2.45) is 5.41 Å². The zero-order chi connectivity index (χ0) is 14.9. The summed E-state index contributed by atoms with van der Waals surface area (Å²) in [6.45, 7) is 0. The number of nitrogens with zero attached hydrogens (tertiary/aromatic N) is 2. The number of para-hydroxylation sites is 1. The minimum absolute atomic E-state index is 0.121. The van der Waals surface area contributed by atoms with Crippen molar-refractivity contribution in [2.45, 2.75) is 44.9 Å². The number of carbonyl (C=O) groups excluding carboxylic acids is 2. The number of hydrogen-bond acceptors (Lipinski definition) is 3. The van der Waals surface area contributed by atoms with Crippen molar-refractivity contribution in [3.63, 3.8) is 0 Å². The highest BCUT2D eigenvalue weighted by Crippen LogP contribution is 2.46. The molecule has 4 heteroatoms. The van der Waals surface area contributed by atoms with Crippen LogP contribution in [-0.4, -0.2) is 11.8 Å². The van der Waals surface area contributed by atoms with Crippen LogP contribution in [0.1, 0.15) is 50.5 Å². The minimum atomic E-state index is -0.157. The lowest BCUT2D eigenvalue weighted by molar-refractivity contribution is -0.134. The Hall–Kier alpha value is -2.15. The Labute approximate surface area is 124 Å². The molecule has 1 aromatic rings. The molecule has 108 valence electrons. The molecule has 1 saturated carbocycles. The monoisotopic (exact) mass is 282 g/mol. The van der Waals surface area contributed by atoms with Gasteiger partial charge in [-0.05, 0) is 30.4 Å². The highest BCUT2D eigenvalue weighted by Gasteiger charge is 2.44. The lowest BCUT2D eigenvalue weighted by Gasteiger charge is -2.42.